The number of aromatic nitrogens is 1. The molecule has 0 radical (unpaired) electrons. The number of primary sulfonamides is 1. The largest absolute Gasteiger partial charge is 0.326 e. The van der Waals surface area contributed by atoms with Gasteiger partial charge >= 0.3 is 0 Å². The maximum atomic E-state index is 12.1. The van der Waals surface area contributed by atoms with Crippen molar-refractivity contribution >= 4 is 44.3 Å². The topological polar surface area (TPSA) is 102 Å². The number of thiazole rings is 1. The number of benzene rings is 1. The molecule has 0 atom stereocenters. The molecule has 24 heavy (non-hydrogen) atoms. The third-order valence-corrected chi connectivity index (χ3v) is 5.91. The van der Waals surface area contributed by atoms with E-state index in [1.807, 2.05) is 22.9 Å². The van der Waals surface area contributed by atoms with Gasteiger partial charge in [-0.3, -0.25) is 4.79 Å². The lowest BCUT2D eigenvalue weighted by Crippen LogP contribution is -2.16. The third-order valence-electron chi connectivity index (χ3n) is 3.07. The van der Waals surface area contributed by atoms with Crippen LogP contribution in [0.1, 0.15) is 5.69 Å². The Balaban J connectivity index is 1.68. The minimum absolute atomic E-state index is 0.0473. The SMILES string of the molecule is NS(=O)(=O)c1cccc(NC(=O)Cc2csc(-c3cccs3)n2)c1. The Morgan fingerprint density at radius 2 is 2.04 bits per heavy atom. The van der Waals surface area contributed by atoms with Crippen LogP contribution in [0, 0.1) is 0 Å². The van der Waals surface area contributed by atoms with E-state index in [1.54, 1.807) is 17.4 Å². The van der Waals surface area contributed by atoms with Gasteiger partial charge in [-0.1, -0.05) is 12.1 Å². The average Bonchev–Trinajstić information content (AvgIpc) is 3.17. The lowest BCUT2D eigenvalue weighted by Gasteiger charge is -2.05. The fraction of sp³-hybridized carbons (Fsp3) is 0.0667. The van der Waals surface area contributed by atoms with Crippen molar-refractivity contribution in [1.29, 1.82) is 0 Å². The van der Waals surface area contributed by atoms with Gasteiger partial charge in [0.1, 0.15) is 5.01 Å². The highest BCUT2D eigenvalue weighted by atomic mass is 32.2. The number of amides is 1. The molecule has 9 heteroatoms. The monoisotopic (exact) mass is 379 g/mol. The number of sulfonamides is 1. The summed E-state index contributed by atoms with van der Waals surface area (Å²) >= 11 is 3.08. The molecule has 0 unspecified atom stereocenters. The Morgan fingerprint density at radius 3 is 2.75 bits per heavy atom. The first kappa shape index (κ1) is 16.8. The first-order valence-electron chi connectivity index (χ1n) is 6.83. The second-order valence-electron chi connectivity index (χ2n) is 4.92. The van der Waals surface area contributed by atoms with Crippen LogP contribution < -0.4 is 10.5 Å². The molecule has 0 fully saturated rings. The van der Waals surface area contributed by atoms with E-state index in [0.717, 1.165) is 9.88 Å². The predicted octanol–water partition coefficient (Wildman–Crippen LogP) is 2.70. The number of nitrogens with one attached hydrogen (secondary N) is 1. The molecule has 1 aromatic carbocycles. The summed E-state index contributed by atoms with van der Waals surface area (Å²) in [6.45, 7) is 0. The van der Waals surface area contributed by atoms with Gasteiger partial charge in [-0.15, -0.1) is 22.7 Å². The zero-order chi connectivity index (χ0) is 17.2. The van der Waals surface area contributed by atoms with E-state index in [0.29, 0.717) is 11.4 Å². The highest BCUT2D eigenvalue weighted by Crippen LogP contribution is 2.28. The summed E-state index contributed by atoms with van der Waals surface area (Å²) in [5, 5.41) is 12.4. The summed E-state index contributed by atoms with van der Waals surface area (Å²) in [4.78, 5) is 17.6. The average molecular weight is 379 g/mol. The van der Waals surface area contributed by atoms with Crippen molar-refractivity contribution in [1.82, 2.24) is 4.98 Å². The molecule has 3 aromatic rings. The van der Waals surface area contributed by atoms with Crippen molar-refractivity contribution in [3.8, 4) is 9.88 Å². The molecule has 2 heterocycles. The number of thiophene rings is 1. The zero-order valence-corrected chi connectivity index (χ0v) is 14.7. The number of hydrogen-bond acceptors (Lipinski definition) is 6. The van der Waals surface area contributed by atoms with Crippen molar-refractivity contribution in [2.24, 2.45) is 5.14 Å². The Labute approximate surface area is 147 Å². The van der Waals surface area contributed by atoms with E-state index in [9.17, 15) is 13.2 Å². The highest BCUT2D eigenvalue weighted by Gasteiger charge is 2.12. The summed E-state index contributed by atoms with van der Waals surface area (Å²) in [6.07, 6.45) is 0.113. The Kier molecular flexibility index (Phi) is 4.76. The van der Waals surface area contributed by atoms with E-state index in [-0.39, 0.29) is 17.2 Å². The van der Waals surface area contributed by atoms with Crippen LogP contribution in [0.15, 0.2) is 52.1 Å². The smallest absolute Gasteiger partial charge is 0.238 e. The quantitative estimate of drug-likeness (QED) is 0.711. The summed E-state index contributed by atoms with van der Waals surface area (Å²) in [5.41, 5.74) is 1.05. The molecular weight excluding hydrogens is 366 g/mol. The van der Waals surface area contributed by atoms with Crippen LogP contribution >= 0.6 is 22.7 Å². The van der Waals surface area contributed by atoms with E-state index in [1.165, 1.54) is 29.5 Å². The van der Waals surface area contributed by atoms with Gasteiger partial charge in [0, 0.05) is 11.1 Å². The molecule has 0 aliphatic rings. The minimum atomic E-state index is -3.80. The van der Waals surface area contributed by atoms with Gasteiger partial charge in [-0.2, -0.15) is 0 Å². The van der Waals surface area contributed by atoms with Crippen molar-refractivity contribution in [2.45, 2.75) is 11.3 Å². The lowest BCUT2D eigenvalue weighted by molar-refractivity contribution is -0.115. The molecule has 6 nitrogen and oxygen atoms in total. The van der Waals surface area contributed by atoms with Crippen molar-refractivity contribution in [3.63, 3.8) is 0 Å². The fourth-order valence-corrected chi connectivity index (χ4v) is 4.22. The van der Waals surface area contributed by atoms with Crippen LogP contribution in [0.25, 0.3) is 9.88 Å². The van der Waals surface area contributed by atoms with Gasteiger partial charge in [0.2, 0.25) is 15.9 Å². The van der Waals surface area contributed by atoms with Crippen LogP contribution in [0.3, 0.4) is 0 Å². The van der Waals surface area contributed by atoms with E-state index < -0.39 is 10.0 Å². The molecule has 124 valence electrons. The predicted molar refractivity (Wildman–Crippen MR) is 95.6 cm³/mol. The second-order valence-corrected chi connectivity index (χ2v) is 8.29. The summed E-state index contributed by atoms with van der Waals surface area (Å²) in [5.74, 6) is -0.274. The van der Waals surface area contributed by atoms with Crippen molar-refractivity contribution in [2.75, 3.05) is 5.32 Å². The van der Waals surface area contributed by atoms with Gasteiger partial charge in [-0.25, -0.2) is 18.5 Å². The molecule has 3 rings (SSSR count). The molecule has 0 spiro atoms. The first-order valence-corrected chi connectivity index (χ1v) is 10.1. The van der Waals surface area contributed by atoms with Crippen molar-refractivity contribution < 1.29 is 13.2 Å². The standard InChI is InChI=1S/C15H13N3O3S3/c16-24(20,21)12-4-1-3-10(7-12)17-14(19)8-11-9-23-15(18-11)13-5-2-6-22-13/h1-7,9H,8H2,(H,17,19)(H2,16,20,21). The second kappa shape index (κ2) is 6.81. The fourth-order valence-electron chi connectivity index (χ4n) is 2.02. The maximum Gasteiger partial charge on any atom is 0.238 e. The molecule has 3 N–H and O–H groups in total. The Morgan fingerprint density at radius 1 is 1.21 bits per heavy atom. The molecular formula is C15H13N3O3S3. The molecule has 0 aliphatic carbocycles. The summed E-state index contributed by atoms with van der Waals surface area (Å²) in [6, 6.07) is 9.75. The number of rotatable bonds is 5. The number of anilines is 1. The van der Waals surface area contributed by atoms with Gasteiger partial charge < -0.3 is 5.32 Å². The molecule has 0 saturated heterocycles. The number of carbonyl (C=O) groups is 1. The first-order chi connectivity index (χ1) is 11.4. The summed E-state index contributed by atoms with van der Waals surface area (Å²) < 4.78 is 22.7. The van der Waals surface area contributed by atoms with Crippen LogP contribution in [-0.2, 0) is 21.2 Å². The Bertz CT molecular complexity index is 963. The molecule has 0 saturated carbocycles. The number of hydrogen-bond donors (Lipinski definition) is 2. The molecule has 0 aliphatic heterocycles. The van der Waals surface area contributed by atoms with Crippen LogP contribution in [0.2, 0.25) is 0 Å². The minimum Gasteiger partial charge on any atom is -0.326 e. The normalized spacial score (nSPS) is 11.4. The summed E-state index contributed by atoms with van der Waals surface area (Å²) in [7, 11) is -3.80. The number of nitrogens with two attached hydrogens (primary N) is 1. The van der Waals surface area contributed by atoms with Crippen LogP contribution in [-0.4, -0.2) is 19.3 Å². The van der Waals surface area contributed by atoms with Gasteiger partial charge in [0.25, 0.3) is 0 Å². The van der Waals surface area contributed by atoms with E-state index in [4.69, 9.17) is 5.14 Å². The maximum absolute atomic E-state index is 12.1. The van der Waals surface area contributed by atoms with E-state index in [2.05, 4.69) is 10.3 Å². The molecule has 1 amide bonds. The number of nitrogens with zero attached hydrogens (tertiary/aromatic N) is 1. The van der Waals surface area contributed by atoms with E-state index >= 15 is 0 Å². The van der Waals surface area contributed by atoms with Crippen LogP contribution in [0.4, 0.5) is 5.69 Å². The number of carbonyl (C=O) groups excluding carboxylic acids is 1. The molecule has 0 bridgehead atoms. The van der Waals surface area contributed by atoms with Gasteiger partial charge in [-0.05, 0) is 29.6 Å². The highest BCUT2D eigenvalue weighted by molar-refractivity contribution is 7.89. The van der Waals surface area contributed by atoms with Gasteiger partial charge in [0.05, 0.1) is 21.9 Å². The zero-order valence-electron chi connectivity index (χ0n) is 12.3. The van der Waals surface area contributed by atoms with Crippen LogP contribution in [0.5, 0.6) is 0 Å². The third kappa shape index (κ3) is 4.06. The van der Waals surface area contributed by atoms with Crippen molar-refractivity contribution in [3.05, 3.63) is 52.9 Å². The molecule has 2 aromatic heterocycles. The lowest BCUT2D eigenvalue weighted by atomic mass is 10.3. The van der Waals surface area contributed by atoms with Gasteiger partial charge in [0.15, 0.2) is 0 Å². The Hall–Kier alpha value is -2.07.